The number of carbonyl (C=O) groups is 2. The second kappa shape index (κ2) is 6.78. The van der Waals surface area contributed by atoms with Gasteiger partial charge in [-0.2, -0.15) is 5.26 Å². The van der Waals surface area contributed by atoms with Crippen molar-refractivity contribution in [3.63, 3.8) is 0 Å². The first-order chi connectivity index (χ1) is 12.0. The third-order valence-corrected chi connectivity index (χ3v) is 4.57. The van der Waals surface area contributed by atoms with Crippen molar-refractivity contribution in [2.75, 3.05) is 11.4 Å². The smallest absolute Gasteiger partial charge is 0.251 e. The summed E-state index contributed by atoms with van der Waals surface area (Å²) in [5, 5.41) is 11.7. The van der Waals surface area contributed by atoms with E-state index in [4.69, 9.17) is 5.26 Å². The molecule has 1 saturated heterocycles. The summed E-state index contributed by atoms with van der Waals surface area (Å²) in [4.78, 5) is 26.7. The lowest BCUT2D eigenvalue weighted by molar-refractivity contribution is -0.118. The number of rotatable bonds is 3. The molecule has 1 aliphatic heterocycles. The fourth-order valence-electron chi connectivity index (χ4n) is 2.94. The van der Waals surface area contributed by atoms with E-state index in [0.29, 0.717) is 24.1 Å². The van der Waals surface area contributed by atoms with Crippen molar-refractivity contribution in [2.45, 2.75) is 26.3 Å². The maximum absolute atomic E-state index is 12.7. The SMILES string of the molecule is Cc1ccc(N2CCC(NC(=O)c3cccc(C#N)c3)C2=O)cc1C. The quantitative estimate of drug-likeness (QED) is 0.938. The van der Waals surface area contributed by atoms with Gasteiger partial charge in [0.1, 0.15) is 6.04 Å². The zero-order valence-electron chi connectivity index (χ0n) is 14.2. The van der Waals surface area contributed by atoms with Gasteiger partial charge in [0.25, 0.3) is 5.91 Å². The number of nitrogens with zero attached hydrogens (tertiary/aromatic N) is 2. The van der Waals surface area contributed by atoms with Crippen LogP contribution in [-0.4, -0.2) is 24.4 Å². The van der Waals surface area contributed by atoms with Crippen LogP contribution in [0.3, 0.4) is 0 Å². The molecule has 2 amide bonds. The second-order valence-corrected chi connectivity index (χ2v) is 6.27. The Bertz CT molecular complexity index is 883. The van der Waals surface area contributed by atoms with Gasteiger partial charge in [-0.3, -0.25) is 9.59 Å². The van der Waals surface area contributed by atoms with Gasteiger partial charge >= 0.3 is 0 Å². The van der Waals surface area contributed by atoms with Crippen LogP contribution >= 0.6 is 0 Å². The minimum atomic E-state index is -0.542. The van der Waals surface area contributed by atoms with Crippen molar-refractivity contribution >= 4 is 17.5 Å². The molecule has 0 aromatic heterocycles. The molecule has 0 saturated carbocycles. The number of hydrogen-bond acceptors (Lipinski definition) is 3. The Morgan fingerprint density at radius 2 is 2.00 bits per heavy atom. The summed E-state index contributed by atoms with van der Waals surface area (Å²) in [6.07, 6.45) is 0.565. The predicted molar refractivity (Wildman–Crippen MR) is 95.3 cm³/mol. The van der Waals surface area contributed by atoms with Gasteiger partial charge in [-0.15, -0.1) is 0 Å². The highest BCUT2D eigenvalue weighted by atomic mass is 16.2. The fraction of sp³-hybridized carbons (Fsp3) is 0.250. The predicted octanol–water partition coefficient (Wildman–Crippen LogP) is 2.71. The van der Waals surface area contributed by atoms with Gasteiger partial charge in [0.15, 0.2) is 0 Å². The second-order valence-electron chi connectivity index (χ2n) is 6.27. The van der Waals surface area contributed by atoms with E-state index in [0.717, 1.165) is 11.3 Å². The van der Waals surface area contributed by atoms with E-state index in [1.54, 1.807) is 23.1 Å². The highest BCUT2D eigenvalue weighted by molar-refractivity contribution is 6.04. The zero-order valence-corrected chi connectivity index (χ0v) is 14.2. The van der Waals surface area contributed by atoms with Crippen LogP contribution in [0, 0.1) is 25.2 Å². The summed E-state index contributed by atoms with van der Waals surface area (Å²) in [6, 6.07) is 13.8. The molecule has 2 aromatic carbocycles. The molecular formula is C20H19N3O2. The summed E-state index contributed by atoms with van der Waals surface area (Å²) in [7, 11) is 0. The molecule has 0 spiro atoms. The largest absolute Gasteiger partial charge is 0.340 e. The first kappa shape index (κ1) is 16.7. The van der Waals surface area contributed by atoms with Crippen molar-refractivity contribution in [3.8, 4) is 6.07 Å². The molecule has 0 radical (unpaired) electrons. The first-order valence-corrected chi connectivity index (χ1v) is 8.19. The van der Waals surface area contributed by atoms with Gasteiger partial charge in [-0.25, -0.2) is 0 Å². The molecule has 1 unspecified atom stereocenters. The number of nitriles is 1. The van der Waals surface area contributed by atoms with E-state index < -0.39 is 6.04 Å². The summed E-state index contributed by atoms with van der Waals surface area (Å²) >= 11 is 0. The highest BCUT2D eigenvalue weighted by Crippen LogP contribution is 2.24. The Morgan fingerprint density at radius 1 is 1.20 bits per heavy atom. The number of anilines is 1. The van der Waals surface area contributed by atoms with E-state index in [2.05, 4.69) is 5.32 Å². The lowest BCUT2D eigenvalue weighted by Crippen LogP contribution is -2.41. The monoisotopic (exact) mass is 333 g/mol. The maximum Gasteiger partial charge on any atom is 0.251 e. The summed E-state index contributed by atoms with van der Waals surface area (Å²) < 4.78 is 0. The van der Waals surface area contributed by atoms with Gasteiger partial charge in [0.2, 0.25) is 5.91 Å². The van der Waals surface area contributed by atoms with Crippen LogP contribution < -0.4 is 10.2 Å². The summed E-state index contributed by atoms with van der Waals surface area (Å²) in [6.45, 7) is 4.62. The minimum absolute atomic E-state index is 0.104. The summed E-state index contributed by atoms with van der Waals surface area (Å²) in [5.41, 5.74) is 3.97. The third-order valence-electron chi connectivity index (χ3n) is 4.57. The van der Waals surface area contributed by atoms with Crippen LogP contribution in [0.5, 0.6) is 0 Å². The molecule has 1 heterocycles. The molecule has 1 fully saturated rings. The van der Waals surface area contributed by atoms with Crippen LogP contribution in [0.1, 0.15) is 33.5 Å². The van der Waals surface area contributed by atoms with Crippen molar-refractivity contribution in [2.24, 2.45) is 0 Å². The third kappa shape index (κ3) is 3.38. The molecule has 0 aliphatic carbocycles. The number of nitrogens with one attached hydrogen (secondary N) is 1. The van der Waals surface area contributed by atoms with Crippen LogP contribution in [-0.2, 0) is 4.79 Å². The Balaban J connectivity index is 1.72. The normalized spacial score (nSPS) is 16.6. The highest BCUT2D eigenvalue weighted by Gasteiger charge is 2.33. The Labute approximate surface area is 146 Å². The molecule has 0 bridgehead atoms. The van der Waals surface area contributed by atoms with Gasteiger partial charge in [0, 0.05) is 17.8 Å². The molecule has 5 heteroatoms. The van der Waals surface area contributed by atoms with Gasteiger partial charge in [-0.05, 0) is 61.7 Å². The van der Waals surface area contributed by atoms with E-state index in [1.807, 2.05) is 38.1 Å². The average Bonchev–Trinajstić information content (AvgIpc) is 2.98. The molecule has 1 N–H and O–H groups in total. The van der Waals surface area contributed by atoms with Crippen LogP contribution in [0.15, 0.2) is 42.5 Å². The van der Waals surface area contributed by atoms with E-state index in [-0.39, 0.29) is 11.8 Å². The van der Waals surface area contributed by atoms with E-state index in [1.165, 1.54) is 11.6 Å². The van der Waals surface area contributed by atoms with Gasteiger partial charge in [-0.1, -0.05) is 12.1 Å². The lowest BCUT2D eigenvalue weighted by atomic mass is 10.1. The molecule has 3 rings (SSSR count). The van der Waals surface area contributed by atoms with Crippen molar-refractivity contribution < 1.29 is 9.59 Å². The number of benzene rings is 2. The van der Waals surface area contributed by atoms with Crippen molar-refractivity contribution in [1.82, 2.24) is 5.32 Å². The lowest BCUT2D eigenvalue weighted by Gasteiger charge is -2.18. The fourth-order valence-corrected chi connectivity index (χ4v) is 2.94. The van der Waals surface area contributed by atoms with Gasteiger partial charge < -0.3 is 10.2 Å². The molecule has 1 atom stereocenters. The van der Waals surface area contributed by atoms with Gasteiger partial charge in [0.05, 0.1) is 11.6 Å². The Morgan fingerprint density at radius 3 is 2.72 bits per heavy atom. The number of amides is 2. The van der Waals surface area contributed by atoms with Crippen LogP contribution in [0.4, 0.5) is 5.69 Å². The van der Waals surface area contributed by atoms with Crippen LogP contribution in [0.2, 0.25) is 0 Å². The molecule has 126 valence electrons. The zero-order chi connectivity index (χ0) is 18.0. The van der Waals surface area contributed by atoms with Crippen LogP contribution in [0.25, 0.3) is 0 Å². The maximum atomic E-state index is 12.7. The Kier molecular flexibility index (Phi) is 4.53. The molecule has 25 heavy (non-hydrogen) atoms. The summed E-state index contributed by atoms with van der Waals surface area (Å²) in [5.74, 6) is -0.439. The number of aryl methyl sites for hydroxylation is 2. The number of hydrogen-bond donors (Lipinski definition) is 1. The number of carbonyl (C=O) groups excluding carboxylic acids is 2. The van der Waals surface area contributed by atoms with E-state index in [9.17, 15) is 9.59 Å². The average molecular weight is 333 g/mol. The standard InChI is InChI=1S/C20H19N3O2/c1-13-6-7-17(10-14(13)2)23-9-8-18(20(23)25)22-19(24)16-5-3-4-15(11-16)12-21/h3-7,10-11,18H,8-9H2,1-2H3,(H,22,24). The molecule has 2 aromatic rings. The van der Waals surface area contributed by atoms with Crippen molar-refractivity contribution in [3.05, 3.63) is 64.7 Å². The topological polar surface area (TPSA) is 73.2 Å². The van der Waals surface area contributed by atoms with E-state index >= 15 is 0 Å². The van der Waals surface area contributed by atoms with Crippen molar-refractivity contribution in [1.29, 1.82) is 5.26 Å². The molecule has 5 nitrogen and oxygen atoms in total. The minimum Gasteiger partial charge on any atom is -0.340 e. The Hall–Kier alpha value is -3.13. The first-order valence-electron chi connectivity index (χ1n) is 8.19. The molecular weight excluding hydrogens is 314 g/mol. The molecule has 1 aliphatic rings.